The number of aliphatic hydroxyl groups is 4. The van der Waals surface area contributed by atoms with Crippen molar-refractivity contribution in [3.63, 3.8) is 0 Å². The zero-order chi connectivity index (χ0) is 18.1. The minimum absolute atomic E-state index is 0.0735. The topological polar surface area (TPSA) is 189 Å². The number of rotatable bonds is 5. The van der Waals surface area contributed by atoms with Crippen LogP contribution in [0.3, 0.4) is 0 Å². The molecule has 0 spiro atoms. The number of carbonyl (C=O) groups is 1. The minimum atomic E-state index is -1.30. The molecule has 1 aliphatic rings. The minimum Gasteiger partial charge on any atom is -0.394 e. The number of aromatic nitrogens is 4. The zero-order valence-corrected chi connectivity index (χ0v) is 12.9. The van der Waals surface area contributed by atoms with Crippen LogP contribution in [0.4, 0.5) is 5.82 Å². The number of nitrogens with two attached hydrogens (primary N) is 1. The lowest BCUT2D eigenvalue weighted by Gasteiger charge is -2.16. The van der Waals surface area contributed by atoms with Crippen LogP contribution in [0.2, 0.25) is 0 Å². The quantitative estimate of drug-likeness (QED) is 0.317. The highest BCUT2D eigenvalue weighted by Crippen LogP contribution is 2.32. The Labute approximate surface area is 140 Å². The summed E-state index contributed by atoms with van der Waals surface area (Å²) >= 11 is 0. The molecular formula is C13H18N6O6. The van der Waals surface area contributed by atoms with Crippen LogP contribution in [0.25, 0.3) is 11.2 Å². The fourth-order valence-corrected chi connectivity index (χ4v) is 2.53. The molecule has 2 aromatic rings. The maximum atomic E-state index is 11.8. The van der Waals surface area contributed by atoms with Gasteiger partial charge in [-0.25, -0.2) is 15.0 Å². The lowest BCUT2D eigenvalue weighted by molar-refractivity contribution is -0.118. The van der Waals surface area contributed by atoms with Crippen molar-refractivity contribution in [1.29, 1.82) is 0 Å². The van der Waals surface area contributed by atoms with Gasteiger partial charge in [-0.1, -0.05) is 0 Å². The number of aliphatic hydroxyl groups excluding tert-OH is 4. The van der Waals surface area contributed by atoms with E-state index >= 15 is 0 Å². The van der Waals surface area contributed by atoms with E-state index in [9.17, 15) is 20.1 Å². The van der Waals surface area contributed by atoms with E-state index in [0.29, 0.717) is 0 Å². The number of hydrogen-bond acceptors (Lipinski definition) is 10. The molecule has 1 amide bonds. The average molecular weight is 354 g/mol. The third kappa shape index (κ3) is 3.06. The fourth-order valence-electron chi connectivity index (χ4n) is 2.53. The summed E-state index contributed by atoms with van der Waals surface area (Å²) in [6.45, 7) is -0.992. The summed E-state index contributed by atoms with van der Waals surface area (Å²) in [6, 6.07) is -1.12. The van der Waals surface area contributed by atoms with Gasteiger partial charge in [-0.15, -0.1) is 0 Å². The van der Waals surface area contributed by atoms with Gasteiger partial charge in [0.05, 0.1) is 19.5 Å². The Balaban J connectivity index is 1.93. The summed E-state index contributed by atoms with van der Waals surface area (Å²) in [5.74, 6) is -0.575. The van der Waals surface area contributed by atoms with Crippen molar-refractivity contribution in [2.75, 3.05) is 18.5 Å². The zero-order valence-electron chi connectivity index (χ0n) is 12.9. The third-order valence-electron chi connectivity index (χ3n) is 3.93. The van der Waals surface area contributed by atoms with E-state index < -0.39 is 49.7 Å². The van der Waals surface area contributed by atoms with Crippen LogP contribution in [0.1, 0.15) is 6.23 Å². The normalized spacial score (nSPS) is 27.6. The van der Waals surface area contributed by atoms with Gasteiger partial charge in [0.15, 0.2) is 23.2 Å². The first-order valence-corrected chi connectivity index (χ1v) is 7.45. The molecule has 3 heterocycles. The maximum Gasteiger partial charge on any atom is 0.244 e. The summed E-state index contributed by atoms with van der Waals surface area (Å²) in [6.07, 6.45) is -2.05. The molecule has 0 radical (unpaired) electrons. The Kier molecular flexibility index (Phi) is 4.89. The van der Waals surface area contributed by atoms with Gasteiger partial charge in [-0.05, 0) is 0 Å². The van der Waals surface area contributed by atoms with Crippen LogP contribution in [0.5, 0.6) is 0 Å². The highest BCUT2D eigenvalue weighted by Gasteiger charge is 2.44. The molecule has 25 heavy (non-hydrogen) atoms. The SMILES string of the molecule is N[C@@H](CO)C(=O)Nc1ncnc2c1ncn2[C@@H]1O[C@H](CO)[C@@H](O)[C@H]1O. The van der Waals surface area contributed by atoms with E-state index in [4.69, 9.17) is 15.6 Å². The number of ether oxygens (including phenoxy) is 1. The largest absolute Gasteiger partial charge is 0.394 e. The Morgan fingerprint density at radius 2 is 2.08 bits per heavy atom. The van der Waals surface area contributed by atoms with Gasteiger partial charge in [0.2, 0.25) is 5.91 Å². The lowest BCUT2D eigenvalue weighted by atomic mass is 10.1. The number of anilines is 1. The van der Waals surface area contributed by atoms with E-state index in [2.05, 4.69) is 20.3 Å². The molecule has 0 unspecified atom stereocenters. The van der Waals surface area contributed by atoms with E-state index in [0.717, 1.165) is 0 Å². The molecule has 136 valence electrons. The van der Waals surface area contributed by atoms with E-state index in [1.54, 1.807) is 0 Å². The van der Waals surface area contributed by atoms with Gasteiger partial charge >= 0.3 is 0 Å². The van der Waals surface area contributed by atoms with Gasteiger partial charge in [0.1, 0.15) is 30.7 Å². The molecule has 12 heteroatoms. The highest BCUT2D eigenvalue weighted by atomic mass is 16.6. The molecule has 0 saturated carbocycles. The summed E-state index contributed by atoms with van der Waals surface area (Å²) in [5.41, 5.74) is 5.88. The van der Waals surface area contributed by atoms with Gasteiger partial charge in [0, 0.05) is 0 Å². The molecule has 1 fully saturated rings. The van der Waals surface area contributed by atoms with E-state index in [1.165, 1.54) is 17.2 Å². The van der Waals surface area contributed by atoms with Gasteiger partial charge in [-0.3, -0.25) is 9.36 Å². The number of hydrogen-bond donors (Lipinski definition) is 6. The Morgan fingerprint density at radius 1 is 1.32 bits per heavy atom. The van der Waals surface area contributed by atoms with E-state index in [1.807, 2.05) is 0 Å². The molecule has 12 nitrogen and oxygen atoms in total. The summed E-state index contributed by atoms with van der Waals surface area (Å²) in [5, 5.41) is 40.5. The van der Waals surface area contributed by atoms with Gasteiger partial charge in [0.25, 0.3) is 0 Å². The summed E-state index contributed by atoms with van der Waals surface area (Å²) in [4.78, 5) is 23.9. The average Bonchev–Trinajstić information content (AvgIpc) is 3.16. The monoisotopic (exact) mass is 354 g/mol. The number of fused-ring (bicyclic) bond motifs is 1. The van der Waals surface area contributed by atoms with Crippen LogP contribution >= 0.6 is 0 Å². The number of imidazole rings is 1. The molecular weight excluding hydrogens is 336 g/mol. The van der Waals surface area contributed by atoms with Crippen LogP contribution in [-0.4, -0.2) is 83.4 Å². The highest BCUT2D eigenvalue weighted by molar-refractivity contribution is 5.99. The molecule has 3 rings (SSSR count). The lowest BCUT2D eigenvalue weighted by Crippen LogP contribution is -2.38. The first-order chi connectivity index (χ1) is 12.0. The molecule has 0 aromatic carbocycles. The van der Waals surface area contributed by atoms with Crippen LogP contribution in [-0.2, 0) is 9.53 Å². The third-order valence-corrected chi connectivity index (χ3v) is 3.93. The second kappa shape index (κ2) is 6.95. The molecule has 7 N–H and O–H groups in total. The Bertz CT molecular complexity index is 769. The van der Waals surface area contributed by atoms with Gasteiger partial charge in [-0.2, -0.15) is 0 Å². The van der Waals surface area contributed by atoms with E-state index in [-0.39, 0.29) is 17.0 Å². The van der Waals surface area contributed by atoms with Crippen molar-refractivity contribution >= 4 is 22.9 Å². The Morgan fingerprint density at radius 3 is 2.72 bits per heavy atom. The van der Waals surface area contributed by atoms with Crippen molar-refractivity contribution < 1.29 is 30.0 Å². The predicted molar refractivity (Wildman–Crippen MR) is 82.0 cm³/mol. The first-order valence-electron chi connectivity index (χ1n) is 7.45. The molecule has 1 saturated heterocycles. The smallest absolute Gasteiger partial charge is 0.244 e. The van der Waals surface area contributed by atoms with Crippen molar-refractivity contribution in [3.05, 3.63) is 12.7 Å². The summed E-state index contributed by atoms with van der Waals surface area (Å²) in [7, 11) is 0. The molecule has 0 aliphatic carbocycles. The molecule has 5 atom stereocenters. The Hall–Kier alpha value is -2.22. The second-order valence-electron chi connectivity index (χ2n) is 5.55. The number of carbonyl (C=O) groups excluding carboxylic acids is 1. The predicted octanol–water partition coefficient (Wildman–Crippen LogP) is -3.30. The van der Waals surface area contributed by atoms with Crippen LogP contribution in [0.15, 0.2) is 12.7 Å². The fraction of sp³-hybridized carbons (Fsp3) is 0.538. The molecule has 0 bridgehead atoms. The first kappa shape index (κ1) is 17.6. The molecule has 1 aliphatic heterocycles. The van der Waals surface area contributed by atoms with Crippen molar-refractivity contribution in [2.45, 2.75) is 30.6 Å². The van der Waals surface area contributed by atoms with Crippen LogP contribution < -0.4 is 11.1 Å². The van der Waals surface area contributed by atoms with Crippen molar-refractivity contribution in [1.82, 2.24) is 19.5 Å². The number of nitrogens with one attached hydrogen (secondary N) is 1. The number of amides is 1. The summed E-state index contributed by atoms with van der Waals surface area (Å²) < 4.78 is 6.80. The van der Waals surface area contributed by atoms with Crippen molar-refractivity contribution in [2.24, 2.45) is 5.73 Å². The van der Waals surface area contributed by atoms with Crippen molar-refractivity contribution in [3.8, 4) is 0 Å². The van der Waals surface area contributed by atoms with Crippen LogP contribution in [0, 0.1) is 0 Å². The maximum absolute atomic E-state index is 11.8. The molecule has 2 aromatic heterocycles. The number of nitrogens with zero attached hydrogens (tertiary/aromatic N) is 4. The van der Waals surface area contributed by atoms with Gasteiger partial charge < -0.3 is 36.2 Å². The standard InChI is InChI=1S/C13H18N6O6/c14-5(1-20)12(24)18-10-7-11(16-3-15-10)19(4-17-7)13-9(23)8(22)6(2-21)25-13/h3-6,8-9,13,20-23H,1-2,14H2,(H,15,16,18,24)/t5-,6+,8+,9+,13+/m0/s1. The second-order valence-corrected chi connectivity index (χ2v) is 5.55.